The number of carbonyl (C=O) groups excluding carboxylic acids is 1. The highest BCUT2D eigenvalue weighted by molar-refractivity contribution is 7.09. The van der Waals surface area contributed by atoms with Crippen molar-refractivity contribution in [3.63, 3.8) is 0 Å². The predicted molar refractivity (Wildman–Crippen MR) is 90.2 cm³/mol. The van der Waals surface area contributed by atoms with Crippen LogP contribution in [0.5, 0.6) is 0 Å². The van der Waals surface area contributed by atoms with E-state index in [2.05, 4.69) is 9.97 Å². The number of hydrogen-bond donors (Lipinski definition) is 1. The Morgan fingerprint density at radius 3 is 2.57 bits per heavy atom. The molecule has 8 heteroatoms. The Hall–Kier alpha value is -1.37. The van der Waals surface area contributed by atoms with Crippen molar-refractivity contribution in [2.24, 2.45) is 0 Å². The lowest BCUT2D eigenvalue weighted by molar-refractivity contribution is -0.129. The Morgan fingerprint density at radius 2 is 2.05 bits per heavy atom. The Bertz CT molecular complexity index is 574. The van der Waals surface area contributed by atoms with E-state index in [1.54, 1.807) is 41.6 Å². The second-order valence-electron chi connectivity index (χ2n) is 4.37. The first-order chi connectivity index (χ1) is 9.04. The van der Waals surface area contributed by atoms with Gasteiger partial charge in [0.1, 0.15) is 0 Å². The van der Waals surface area contributed by atoms with Crippen molar-refractivity contribution < 1.29 is 4.79 Å². The summed E-state index contributed by atoms with van der Waals surface area (Å²) in [5.74, 6) is 0.0166. The second kappa shape index (κ2) is 8.81. The third-order valence-corrected chi connectivity index (χ3v) is 3.49. The molecular formula is C13H18Cl2N4OS. The van der Waals surface area contributed by atoms with Crippen LogP contribution in [-0.2, 0) is 17.8 Å². The summed E-state index contributed by atoms with van der Waals surface area (Å²) in [6.07, 6.45) is 1.84. The van der Waals surface area contributed by atoms with Gasteiger partial charge in [0.05, 0.1) is 35.6 Å². The van der Waals surface area contributed by atoms with Crippen molar-refractivity contribution in [2.75, 3.05) is 12.8 Å². The molecule has 0 fully saturated rings. The van der Waals surface area contributed by atoms with Crippen LogP contribution < -0.4 is 5.73 Å². The van der Waals surface area contributed by atoms with E-state index >= 15 is 0 Å². The van der Waals surface area contributed by atoms with E-state index in [0.29, 0.717) is 12.2 Å². The van der Waals surface area contributed by atoms with Gasteiger partial charge in [0.15, 0.2) is 0 Å². The van der Waals surface area contributed by atoms with Gasteiger partial charge in [-0.3, -0.25) is 9.78 Å². The Kier molecular flexibility index (Phi) is 8.24. The number of nitrogens with two attached hydrogens (primary N) is 1. The monoisotopic (exact) mass is 348 g/mol. The number of halogens is 2. The first kappa shape index (κ1) is 19.6. The van der Waals surface area contributed by atoms with Crippen LogP contribution in [0.25, 0.3) is 0 Å². The standard InChI is InChI=1S/C13H16N4OS.2ClH/c1-9-16-12(8-19-9)7-17(2)13(18)5-11-4-3-10(14)6-15-11;;/h3-4,6,8H,5,7,14H2,1-2H3;2*1H. The summed E-state index contributed by atoms with van der Waals surface area (Å²) in [6.45, 7) is 2.48. The second-order valence-corrected chi connectivity index (χ2v) is 5.43. The maximum absolute atomic E-state index is 12.0. The van der Waals surface area contributed by atoms with Gasteiger partial charge < -0.3 is 10.6 Å². The van der Waals surface area contributed by atoms with E-state index < -0.39 is 0 Å². The van der Waals surface area contributed by atoms with Gasteiger partial charge in [0.25, 0.3) is 0 Å². The molecule has 1 amide bonds. The number of pyridine rings is 1. The number of likely N-dealkylation sites (N-methyl/N-ethyl adjacent to an activating group) is 1. The number of hydrogen-bond acceptors (Lipinski definition) is 5. The van der Waals surface area contributed by atoms with Gasteiger partial charge in [0.2, 0.25) is 5.91 Å². The van der Waals surface area contributed by atoms with Crippen LogP contribution in [0.4, 0.5) is 5.69 Å². The summed E-state index contributed by atoms with van der Waals surface area (Å²) in [5, 5.41) is 2.98. The van der Waals surface area contributed by atoms with Crippen LogP contribution in [0.3, 0.4) is 0 Å². The smallest absolute Gasteiger partial charge is 0.228 e. The Balaban J connectivity index is 0.00000200. The van der Waals surface area contributed by atoms with Crippen LogP contribution in [0, 0.1) is 6.92 Å². The van der Waals surface area contributed by atoms with Gasteiger partial charge in [-0.1, -0.05) is 0 Å². The molecule has 0 saturated heterocycles. The number of aryl methyl sites for hydroxylation is 1. The molecule has 0 radical (unpaired) electrons. The largest absolute Gasteiger partial charge is 0.397 e. The van der Waals surface area contributed by atoms with E-state index in [1.165, 1.54) is 0 Å². The van der Waals surface area contributed by atoms with Gasteiger partial charge in [-0.25, -0.2) is 4.98 Å². The maximum Gasteiger partial charge on any atom is 0.228 e. The first-order valence-corrected chi connectivity index (χ1v) is 6.78. The lowest BCUT2D eigenvalue weighted by atomic mass is 10.2. The first-order valence-electron chi connectivity index (χ1n) is 5.90. The number of carbonyl (C=O) groups is 1. The van der Waals surface area contributed by atoms with Gasteiger partial charge in [0, 0.05) is 18.1 Å². The summed E-state index contributed by atoms with van der Waals surface area (Å²) in [6, 6.07) is 3.52. The fourth-order valence-corrected chi connectivity index (χ4v) is 2.25. The molecule has 2 aromatic rings. The van der Waals surface area contributed by atoms with Crippen LogP contribution >= 0.6 is 36.2 Å². The van der Waals surface area contributed by atoms with Crippen molar-refractivity contribution in [1.29, 1.82) is 0 Å². The molecule has 0 aliphatic heterocycles. The number of anilines is 1. The minimum Gasteiger partial charge on any atom is -0.397 e. The summed E-state index contributed by atoms with van der Waals surface area (Å²) in [4.78, 5) is 22.2. The molecule has 0 bridgehead atoms. The summed E-state index contributed by atoms with van der Waals surface area (Å²) < 4.78 is 0. The number of aromatic nitrogens is 2. The van der Waals surface area contributed by atoms with E-state index in [4.69, 9.17) is 5.73 Å². The van der Waals surface area contributed by atoms with Gasteiger partial charge in [-0.15, -0.1) is 36.2 Å². The van der Waals surface area contributed by atoms with Crippen LogP contribution in [0.1, 0.15) is 16.4 Å². The minimum absolute atomic E-state index is 0. The minimum atomic E-state index is 0. The summed E-state index contributed by atoms with van der Waals surface area (Å²) in [7, 11) is 1.77. The molecule has 2 heterocycles. The average Bonchev–Trinajstić information content (AvgIpc) is 2.77. The molecule has 0 saturated carbocycles. The third kappa shape index (κ3) is 5.87. The number of amides is 1. The molecule has 0 aromatic carbocycles. The molecule has 0 atom stereocenters. The van der Waals surface area contributed by atoms with Crippen molar-refractivity contribution in [1.82, 2.24) is 14.9 Å². The van der Waals surface area contributed by atoms with Crippen molar-refractivity contribution in [2.45, 2.75) is 19.9 Å². The highest BCUT2D eigenvalue weighted by Gasteiger charge is 2.12. The summed E-state index contributed by atoms with van der Waals surface area (Å²) in [5.41, 5.74) is 7.80. The Labute approximate surface area is 140 Å². The molecule has 2 rings (SSSR count). The maximum atomic E-state index is 12.0. The van der Waals surface area contributed by atoms with Gasteiger partial charge in [-0.05, 0) is 19.1 Å². The number of nitrogens with zero attached hydrogens (tertiary/aromatic N) is 3. The zero-order valence-corrected chi connectivity index (χ0v) is 14.2. The highest BCUT2D eigenvalue weighted by atomic mass is 35.5. The van der Waals surface area contributed by atoms with E-state index in [0.717, 1.165) is 16.4 Å². The number of rotatable bonds is 4. The van der Waals surface area contributed by atoms with E-state index in [-0.39, 0.29) is 37.1 Å². The van der Waals surface area contributed by atoms with Crippen molar-refractivity contribution in [3.05, 3.63) is 40.1 Å². The Morgan fingerprint density at radius 1 is 1.33 bits per heavy atom. The van der Waals surface area contributed by atoms with Gasteiger partial charge in [-0.2, -0.15) is 0 Å². The molecule has 2 N–H and O–H groups in total. The van der Waals surface area contributed by atoms with Crippen molar-refractivity contribution in [3.8, 4) is 0 Å². The molecule has 0 spiro atoms. The van der Waals surface area contributed by atoms with Crippen molar-refractivity contribution >= 4 is 47.7 Å². The fraction of sp³-hybridized carbons (Fsp3) is 0.308. The molecular weight excluding hydrogens is 331 g/mol. The molecule has 0 aliphatic rings. The van der Waals surface area contributed by atoms with E-state index in [1.807, 2.05) is 12.3 Å². The van der Waals surface area contributed by atoms with Crippen LogP contribution in [-0.4, -0.2) is 27.8 Å². The normalized spacial score (nSPS) is 9.43. The van der Waals surface area contributed by atoms with E-state index in [9.17, 15) is 4.79 Å². The zero-order chi connectivity index (χ0) is 13.8. The molecule has 116 valence electrons. The lowest BCUT2D eigenvalue weighted by Gasteiger charge is -2.15. The fourth-order valence-electron chi connectivity index (χ4n) is 1.64. The third-order valence-electron chi connectivity index (χ3n) is 2.67. The number of thiazole rings is 1. The summed E-state index contributed by atoms with van der Waals surface area (Å²) >= 11 is 1.59. The van der Waals surface area contributed by atoms with Crippen LogP contribution in [0.2, 0.25) is 0 Å². The molecule has 0 unspecified atom stereocenters. The van der Waals surface area contributed by atoms with Gasteiger partial charge >= 0.3 is 0 Å². The highest BCUT2D eigenvalue weighted by Crippen LogP contribution is 2.10. The molecule has 5 nitrogen and oxygen atoms in total. The topological polar surface area (TPSA) is 72.1 Å². The lowest BCUT2D eigenvalue weighted by Crippen LogP contribution is -2.28. The number of nitrogen functional groups attached to an aromatic ring is 1. The molecule has 2 aromatic heterocycles. The molecule has 0 aliphatic carbocycles. The average molecular weight is 349 g/mol. The SMILES string of the molecule is Cc1nc(CN(C)C(=O)Cc2ccc(N)cn2)cs1.Cl.Cl. The molecule has 21 heavy (non-hydrogen) atoms. The zero-order valence-electron chi connectivity index (χ0n) is 11.8. The quantitative estimate of drug-likeness (QED) is 0.920. The predicted octanol–water partition coefficient (Wildman–Crippen LogP) is 2.47. The van der Waals surface area contributed by atoms with Crippen LogP contribution in [0.15, 0.2) is 23.7 Å².